The predicted octanol–water partition coefficient (Wildman–Crippen LogP) is 3.95. The van der Waals surface area contributed by atoms with E-state index in [-0.39, 0.29) is 24.8 Å². The highest BCUT2D eigenvalue weighted by Crippen LogP contribution is 2.41. The lowest BCUT2D eigenvalue weighted by molar-refractivity contribution is -0.0389. The molecular weight excluding hydrogens is 378 g/mol. The van der Waals surface area contributed by atoms with Gasteiger partial charge in [-0.2, -0.15) is 0 Å². The summed E-state index contributed by atoms with van der Waals surface area (Å²) in [5.74, 6) is -1.42. The van der Waals surface area contributed by atoms with Crippen LogP contribution in [0.15, 0.2) is 18.2 Å². The summed E-state index contributed by atoms with van der Waals surface area (Å²) in [6.45, 7) is 0. The summed E-state index contributed by atoms with van der Waals surface area (Å²) >= 11 is 6.14. The number of hydrogen-bond acceptors (Lipinski definition) is 3. The molecule has 1 aromatic carbocycles. The monoisotopic (exact) mass is 396 g/mol. The molecule has 1 saturated carbocycles. The second kappa shape index (κ2) is 6.74. The number of halogens is 3. The molecule has 4 rings (SSSR count). The number of fused-ring (bicyclic) bond motifs is 3. The molecule has 1 aromatic heterocycles. The third-order valence-electron chi connectivity index (χ3n) is 5.34. The first-order valence-electron chi connectivity index (χ1n) is 8.93. The number of alkyl halides is 2. The van der Waals surface area contributed by atoms with Gasteiger partial charge in [-0.1, -0.05) is 11.6 Å². The van der Waals surface area contributed by atoms with Crippen LogP contribution in [0.5, 0.6) is 0 Å². The zero-order chi connectivity index (χ0) is 19.2. The third kappa shape index (κ3) is 3.63. The van der Waals surface area contributed by atoms with Gasteiger partial charge in [0.15, 0.2) is 0 Å². The zero-order valence-corrected chi connectivity index (χ0v) is 15.2. The molecule has 1 aliphatic heterocycles. The van der Waals surface area contributed by atoms with Gasteiger partial charge >= 0.3 is 6.09 Å². The molecule has 2 N–H and O–H groups in total. The van der Waals surface area contributed by atoms with E-state index in [1.165, 1.54) is 0 Å². The Morgan fingerprint density at radius 3 is 2.70 bits per heavy atom. The van der Waals surface area contributed by atoms with Crippen molar-refractivity contribution in [1.29, 1.82) is 0 Å². The quantitative estimate of drug-likeness (QED) is 0.805. The van der Waals surface area contributed by atoms with Gasteiger partial charge in [0.05, 0.1) is 5.69 Å². The van der Waals surface area contributed by atoms with Crippen molar-refractivity contribution in [3.63, 3.8) is 0 Å². The summed E-state index contributed by atoms with van der Waals surface area (Å²) in [5, 5.41) is 20.8. The van der Waals surface area contributed by atoms with Crippen LogP contribution in [-0.2, 0) is 12.8 Å². The van der Waals surface area contributed by atoms with Crippen LogP contribution in [0.2, 0.25) is 5.02 Å². The van der Waals surface area contributed by atoms with Gasteiger partial charge in [-0.25, -0.2) is 13.6 Å². The fourth-order valence-electron chi connectivity index (χ4n) is 4.06. The van der Waals surface area contributed by atoms with Gasteiger partial charge in [-0.3, -0.25) is 4.57 Å². The Balaban J connectivity index is 1.75. The van der Waals surface area contributed by atoms with Crippen molar-refractivity contribution in [2.45, 2.75) is 56.4 Å². The molecule has 1 amide bonds. The second-order valence-corrected chi connectivity index (χ2v) is 7.70. The molecule has 0 spiro atoms. The van der Waals surface area contributed by atoms with Gasteiger partial charge in [-0.05, 0) is 43.0 Å². The molecule has 9 heteroatoms. The van der Waals surface area contributed by atoms with Crippen LogP contribution in [0.3, 0.4) is 0 Å². The van der Waals surface area contributed by atoms with Crippen molar-refractivity contribution in [1.82, 2.24) is 20.1 Å². The average molecular weight is 397 g/mol. The van der Waals surface area contributed by atoms with Gasteiger partial charge in [0, 0.05) is 36.2 Å². The number of benzene rings is 1. The fourth-order valence-corrected chi connectivity index (χ4v) is 4.25. The van der Waals surface area contributed by atoms with Crippen molar-refractivity contribution in [2.24, 2.45) is 0 Å². The molecule has 2 heterocycles. The molecule has 1 atom stereocenters. The van der Waals surface area contributed by atoms with Crippen LogP contribution in [-0.4, -0.2) is 37.9 Å². The number of aromatic nitrogens is 3. The smallest absolute Gasteiger partial charge is 0.404 e. The molecular formula is C18H19ClF2N4O2. The minimum absolute atomic E-state index is 0.0987. The number of carbonyl (C=O) groups is 1. The number of hydrogen-bond donors (Lipinski definition) is 2. The highest BCUT2D eigenvalue weighted by atomic mass is 35.5. The van der Waals surface area contributed by atoms with Crippen molar-refractivity contribution in [3.05, 3.63) is 40.4 Å². The Labute approximate surface area is 159 Å². The molecule has 2 aromatic rings. The van der Waals surface area contributed by atoms with Crippen molar-refractivity contribution < 1.29 is 18.7 Å². The highest BCUT2D eigenvalue weighted by Gasteiger charge is 2.38. The van der Waals surface area contributed by atoms with E-state index >= 15 is 0 Å². The largest absolute Gasteiger partial charge is 0.465 e. The molecule has 1 unspecified atom stereocenters. The first-order valence-corrected chi connectivity index (χ1v) is 9.30. The van der Waals surface area contributed by atoms with E-state index in [1.807, 2.05) is 10.6 Å². The lowest BCUT2D eigenvalue weighted by Gasteiger charge is -2.28. The molecule has 0 saturated heterocycles. The summed E-state index contributed by atoms with van der Waals surface area (Å²) in [6, 6.07) is 5.05. The van der Waals surface area contributed by atoms with Crippen LogP contribution in [0.1, 0.15) is 48.8 Å². The van der Waals surface area contributed by atoms with Crippen LogP contribution >= 0.6 is 11.6 Å². The Morgan fingerprint density at radius 2 is 2.00 bits per heavy atom. The van der Waals surface area contributed by atoms with Crippen molar-refractivity contribution in [2.75, 3.05) is 0 Å². The first-order chi connectivity index (χ1) is 12.8. The lowest BCUT2D eigenvalue weighted by Crippen LogP contribution is -2.36. The molecule has 0 bridgehead atoms. The lowest BCUT2D eigenvalue weighted by atomic mass is 9.86. The summed E-state index contributed by atoms with van der Waals surface area (Å²) in [6.07, 6.45) is 0.122. The molecule has 27 heavy (non-hydrogen) atoms. The van der Waals surface area contributed by atoms with E-state index in [9.17, 15) is 13.6 Å². The van der Waals surface area contributed by atoms with Crippen LogP contribution in [0.4, 0.5) is 13.6 Å². The van der Waals surface area contributed by atoms with E-state index in [1.54, 1.807) is 12.1 Å². The van der Waals surface area contributed by atoms with Crippen LogP contribution < -0.4 is 5.32 Å². The maximum absolute atomic E-state index is 13.6. The van der Waals surface area contributed by atoms with E-state index < -0.39 is 12.0 Å². The van der Waals surface area contributed by atoms with E-state index in [0.717, 1.165) is 11.3 Å². The standard InChI is InChI=1S/C18H19ClF2N4O2/c19-12-1-2-14-11(7-12)8-13(22-17(26)27)9-15-23-24-16(25(14)15)10-3-5-18(20,21)6-4-10/h1-2,7,10,13,22H,3-6,8-9H2,(H,26,27). The van der Waals surface area contributed by atoms with E-state index in [4.69, 9.17) is 16.7 Å². The molecule has 1 aliphatic carbocycles. The molecule has 6 nitrogen and oxygen atoms in total. The molecule has 2 aliphatic rings. The predicted molar refractivity (Wildman–Crippen MR) is 94.9 cm³/mol. The summed E-state index contributed by atoms with van der Waals surface area (Å²) < 4.78 is 29.0. The zero-order valence-electron chi connectivity index (χ0n) is 14.5. The topological polar surface area (TPSA) is 80.0 Å². The molecule has 1 fully saturated rings. The second-order valence-electron chi connectivity index (χ2n) is 7.27. The van der Waals surface area contributed by atoms with Crippen LogP contribution in [0.25, 0.3) is 5.69 Å². The molecule has 0 radical (unpaired) electrons. The van der Waals surface area contributed by atoms with Gasteiger partial charge in [0.25, 0.3) is 0 Å². The van der Waals surface area contributed by atoms with Gasteiger partial charge in [0.1, 0.15) is 11.6 Å². The Bertz CT molecular complexity index is 876. The Hall–Kier alpha value is -2.22. The van der Waals surface area contributed by atoms with Gasteiger partial charge < -0.3 is 10.4 Å². The third-order valence-corrected chi connectivity index (χ3v) is 5.58. The van der Waals surface area contributed by atoms with Crippen LogP contribution in [0, 0.1) is 0 Å². The van der Waals surface area contributed by atoms with Gasteiger partial charge in [0.2, 0.25) is 5.92 Å². The SMILES string of the molecule is O=C(O)NC1Cc2cc(Cl)ccc2-n2c(nnc2C2CCC(F)(F)CC2)C1. The number of carboxylic acid groups (broad SMARTS) is 1. The first kappa shape index (κ1) is 18.2. The van der Waals surface area contributed by atoms with E-state index in [2.05, 4.69) is 15.5 Å². The highest BCUT2D eigenvalue weighted by molar-refractivity contribution is 6.30. The number of amides is 1. The minimum Gasteiger partial charge on any atom is -0.465 e. The number of rotatable bonds is 2. The van der Waals surface area contributed by atoms with Crippen molar-refractivity contribution in [3.8, 4) is 5.69 Å². The minimum atomic E-state index is -2.61. The van der Waals surface area contributed by atoms with Crippen molar-refractivity contribution >= 4 is 17.7 Å². The normalized spacial score (nSPS) is 21.8. The average Bonchev–Trinajstić information content (AvgIpc) is 2.91. The number of nitrogens with one attached hydrogen (secondary N) is 1. The summed E-state index contributed by atoms with van der Waals surface area (Å²) in [4.78, 5) is 11.1. The Kier molecular flexibility index (Phi) is 4.53. The summed E-state index contributed by atoms with van der Waals surface area (Å²) in [7, 11) is 0. The van der Waals surface area contributed by atoms with E-state index in [0.29, 0.717) is 42.4 Å². The molecule has 144 valence electrons. The summed E-state index contributed by atoms with van der Waals surface area (Å²) in [5.41, 5.74) is 1.71. The number of nitrogens with zero attached hydrogens (tertiary/aromatic N) is 3. The van der Waals surface area contributed by atoms with Gasteiger partial charge in [-0.15, -0.1) is 10.2 Å². The maximum atomic E-state index is 13.6. The fraction of sp³-hybridized carbons (Fsp3) is 0.500. The maximum Gasteiger partial charge on any atom is 0.404 e. The Morgan fingerprint density at radius 1 is 1.26 bits per heavy atom.